The monoisotopic (exact) mass is 353 g/mol. The Bertz CT molecular complexity index is 839. The summed E-state index contributed by atoms with van der Waals surface area (Å²) in [5.41, 5.74) is 1.08. The molecule has 3 aromatic rings. The molecule has 128 valence electrons. The van der Waals surface area contributed by atoms with Crippen molar-refractivity contribution in [1.29, 1.82) is 0 Å². The van der Waals surface area contributed by atoms with Crippen molar-refractivity contribution in [1.82, 2.24) is 15.0 Å². The maximum absolute atomic E-state index is 12.8. The van der Waals surface area contributed by atoms with E-state index in [-0.39, 0.29) is 17.7 Å². The normalized spacial score (nSPS) is 15.8. The fourth-order valence-electron chi connectivity index (χ4n) is 3.18. The third-order valence-corrected chi connectivity index (χ3v) is 5.50. The van der Waals surface area contributed by atoms with Crippen LogP contribution in [0.2, 0.25) is 0 Å². The minimum absolute atomic E-state index is 0.0773. The highest BCUT2D eigenvalue weighted by Crippen LogP contribution is 2.32. The van der Waals surface area contributed by atoms with Crippen molar-refractivity contribution < 1.29 is 9.32 Å². The number of carbonyl (C=O) groups is 1. The lowest BCUT2D eigenvalue weighted by molar-refractivity contribution is -0.137. The number of carbonyl (C=O) groups excluding carboxylic acids is 1. The number of amides is 1. The molecule has 5 nitrogen and oxygen atoms in total. The predicted molar refractivity (Wildman–Crippen MR) is 96.4 cm³/mol. The molecule has 0 N–H and O–H groups in total. The molecule has 0 bridgehead atoms. The van der Waals surface area contributed by atoms with Crippen molar-refractivity contribution in [2.75, 3.05) is 13.1 Å². The van der Waals surface area contributed by atoms with E-state index < -0.39 is 0 Å². The second-order valence-corrected chi connectivity index (χ2v) is 7.19. The first-order chi connectivity index (χ1) is 12.3. The Labute approximate surface area is 150 Å². The fraction of sp³-hybridized carbons (Fsp3) is 0.316. The van der Waals surface area contributed by atoms with Gasteiger partial charge in [0.2, 0.25) is 17.6 Å². The van der Waals surface area contributed by atoms with E-state index in [0.717, 1.165) is 16.9 Å². The number of hydrogen-bond acceptors (Lipinski definition) is 5. The van der Waals surface area contributed by atoms with Crippen LogP contribution in [0.5, 0.6) is 0 Å². The van der Waals surface area contributed by atoms with Crippen molar-refractivity contribution in [2.24, 2.45) is 0 Å². The Morgan fingerprint density at radius 2 is 2.08 bits per heavy atom. The van der Waals surface area contributed by atoms with Crippen LogP contribution < -0.4 is 0 Å². The van der Waals surface area contributed by atoms with Crippen LogP contribution in [0, 0.1) is 0 Å². The van der Waals surface area contributed by atoms with Crippen LogP contribution in [-0.2, 0) is 4.79 Å². The molecule has 0 unspecified atom stereocenters. The number of benzene rings is 1. The summed E-state index contributed by atoms with van der Waals surface area (Å²) in [4.78, 5) is 20.2. The quantitative estimate of drug-likeness (QED) is 0.697. The van der Waals surface area contributed by atoms with Gasteiger partial charge in [0.05, 0.1) is 16.7 Å². The van der Waals surface area contributed by atoms with Crippen LogP contribution in [-0.4, -0.2) is 34.0 Å². The van der Waals surface area contributed by atoms with Gasteiger partial charge in [-0.15, -0.1) is 11.3 Å². The molecule has 2 aromatic heterocycles. The SMILES string of the molecule is CC[C@H](C(=O)N1CC(c2nc(-c3cccs3)no2)C1)c1ccccc1. The summed E-state index contributed by atoms with van der Waals surface area (Å²) < 4.78 is 5.40. The Kier molecular flexibility index (Phi) is 4.36. The predicted octanol–water partition coefficient (Wildman–Crippen LogP) is 3.92. The van der Waals surface area contributed by atoms with E-state index in [1.807, 2.05) is 52.7 Å². The average Bonchev–Trinajstić information content (AvgIpc) is 3.27. The fourth-order valence-corrected chi connectivity index (χ4v) is 3.83. The molecule has 1 atom stereocenters. The number of aromatic nitrogens is 2. The van der Waals surface area contributed by atoms with Gasteiger partial charge in [-0.25, -0.2) is 0 Å². The van der Waals surface area contributed by atoms with E-state index in [1.165, 1.54) is 0 Å². The maximum atomic E-state index is 12.8. The van der Waals surface area contributed by atoms with Crippen LogP contribution in [0.15, 0.2) is 52.4 Å². The Hall–Kier alpha value is -2.47. The smallest absolute Gasteiger partial charge is 0.233 e. The standard InChI is InChI=1S/C19H19N3O2S/c1-2-15(13-7-4-3-5-8-13)19(23)22-11-14(12-22)18-20-17(21-24-18)16-9-6-10-25-16/h3-10,14-15H,2,11-12H2,1H3/t15-/m0/s1. The van der Waals surface area contributed by atoms with Crippen LogP contribution in [0.4, 0.5) is 0 Å². The van der Waals surface area contributed by atoms with Crippen molar-refractivity contribution in [3.63, 3.8) is 0 Å². The van der Waals surface area contributed by atoms with Gasteiger partial charge in [0, 0.05) is 13.1 Å². The molecule has 1 aliphatic rings. The molecule has 0 spiro atoms. The van der Waals surface area contributed by atoms with Crippen molar-refractivity contribution in [3.05, 3.63) is 59.3 Å². The first-order valence-corrected chi connectivity index (χ1v) is 9.35. The van der Waals surface area contributed by atoms with E-state index in [1.54, 1.807) is 11.3 Å². The molecule has 1 amide bonds. The van der Waals surface area contributed by atoms with Crippen LogP contribution in [0.25, 0.3) is 10.7 Å². The Balaban J connectivity index is 1.41. The second-order valence-electron chi connectivity index (χ2n) is 6.25. The topological polar surface area (TPSA) is 59.2 Å². The van der Waals surface area contributed by atoms with Crippen LogP contribution >= 0.6 is 11.3 Å². The van der Waals surface area contributed by atoms with Gasteiger partial charge in [-0.3, -0.25) is 4.79 Å². The van der Waals surface area contributed by atoms with Gasteiger partial charge < -0.3 is 9.42 Å². The number of hydrogen-bond donors (Lipinski definition) is 0. The zero-order valence-electron chi connectivity index (χ0n) is 14.0. The first kappa shape index (κ1) is 16.0. The summed E-state index contributed by atoms with van der Waals surface area (Å²) >= 11 is 1.59. The molecular formula is C19H19N3O2S. The lowest BCUT2D eigenvalue weighted by Gasteiger charge is -2.39. The summed E-state index contributed by atoms with van der Waals surface area (Å²) in [7, 11) is 0. The lowest BCUT2D eigenvalue weighted by atomic mass is 9.91. The summed E-state index contributed by atoms with van der Waals surface area (Å²) in [5.74, 6) is 1.50. The van der Waals surface area contributed by atoms with Gasteiger partial charge in [0.15, 0.2) is 0 Å². The molecule has 6 heteroatoms. The third-order valence-electron chi connectivity index (χ3n) is 4.63. The van der Waals surface area contributed by atoms with Gasteiger partial charge >= 0.3 is 0 Å². The van der Waals surface area contributed by atoms with E-state index in [4.69, 9.17) is 4.52 Å². The van der Waals surface area contributed by atoms with Gasteiger partial charge in [-0.2, -0.15) is 4.98 Å². The summed E-state index contributed by atoms with van der Waals surface area (Å²) in [6.07, 6.45) is 0.799. The molecule has 1 saturated heterocycles. The number of rotatable bonds is 5. The second kappa shape index (κ2) is 6.80. The highest BCUT2D eigenvalue weighted by molar-refractivity contribution is 7.13. The van der Waals surface area contributed by atoms with Gasteiger partial charge in [0.1, 0.15) is 0 Å². The lowest BCUT2D eigenvalue weighted by Crippen LogP contribution is -2.50. The van der Waals surface area contributed by atoms with E-state index in [2.05, 4.69) is 17.1 Å². The number of thiophene rings is 1. The van der Waals surface area contributed by atoms with E-state index >= 15 is 0 Å². The first-order valence-electron chi connectivity index (χ1n) is 8.47. The summed E-state index contributed by atoms with van der Waals surface area (Å²) in [5, 5.41) is 6.04. The average molecular weight is 353 g/mol. The minimum atomic E-state index is -0.0773. The highest BCUT2D eigenvalue weighted by Gasteiger charge is 2.38. The molecule has 3 heterocycles. The number of nitrogens with zero attached hydrogens (tertiary/aromatic N) is 3. The number of likely N-dealkylation sites (tertiary alicyclic amines) is 1. The minimum Gasteiger partial charge on any atom is -0.340 e. The molecular weight excluding hydrogens is 334 g/mol. The van der Waals surface area contributed by atoms with Gasteiger partial charge in [0.25, 0.3) is 0 Å². The molecule has 25 heavy (non-hydrogen) atoms. The molecule has 0 radical (unpaired) electrons. The van der Waals surface area contributed by atoms with Crippen molar-refractivity contribution in [3.8, 4) is 10.7 Å². The molecule has 1 fully saturated rings. The summed E-state index contributed by atoms with van der Waals surface area (Å²) in [6, 6.07) is 13.9. The molecule has 4 rings (SSSR count). The van der Waals surface area contributed by atoms with Gasteiger partial charge in [-0.05, 0) is 23.4 Å². The zero-order valence-corrected chi connectivity index (χ0v) is 14.8. The zero-order chi connectivity index (χ0) is 17.2. The molecule has 1 aromatic carbocycles. The highest BCUT2D eigenvalue weighted by atomic mass is 32.1. The van der Waals surface area contributed by atoms with E-state index in [9.17, 15) is 4.79 Å². The Morgan fingerprint density at radius 3 is 2.76 bits per heavy atom. The van der Waals surface area contributed by atoms with Crippen LogP contribution in [0.1, 0.15) is 36.6 Å². The largest absolute Gasteiger partial charge is 0.340 e. The molecule has 0 aliphatic carbocycles. The van der Waals surface area contributed by atoms with Gasteiger partial charge in [-0.1, -0.05) is 48.5 Å². The van der Waals surface area contributed by atoms with Crippen molar-refractivity contribution >= 4 is 17.2 Å². The van der Waals surface area contributed by atoms with Crippen LogP contribution in [0.3, 0.4) is 0 Å². The molecule has 0 saturated carbocycles. The van der Waals surface area contributed by atoms with E-state index in [0.29, 0.717) is 24.8 Å². The van der Waals surface area contributed by atoms with Crippen molar-refractivity contribution in [2.45, 2.75) is 25.2 Å². The Morgan fingerprint density at radius 1 is 1.28 bits per heavy atom. The maximum Gasteiger partial charge on any atom is 0.233 e. The molecule has 1 aliphatic heterocycles. The summed E-state index contributed by atoms with van der Waals surface area (Å²) in [6.45, 7) is 3.35. The third kappa shape index (κ3) is 3.09.